The van der Waals surface area contributed by atoms with E-state index in [1.165, 1.54) is 18.5 Å². The number of aliphatic hydroxyl groups excluding tert-OH is 1. The number of aliphatic hydroxyl groups is 1. The molecule has 1 fully saturated rings. The summed E-state index contributed by atoms with van der Waals surface area (Å²) in [6.45, 7) is 4.13. The maximum absolute atomic E-state index is 13.9. The maximum atomic E-state index is 13.9. The number of hydrogen-bond acceptors (Lipinski definition) is 8. The SMILES string of the molecule is CCS(C)(=O)=Nc1cc(C)c2c(Nc3ccc(F)cc3O[C@H]3COC[C@@H]3O)ncnc2c1. The smallest absolute Gasteiger partial charge is 0.150 e. The Labute approximate surface area is 186 Å². The molecule has 3 atom stereocenters. The van der Waals surface area contributed by atoms with E-state index < -0.39 is 27.8 Å². The number of fused-ring (bicyclic) bond motifs is 1. The quantitative estimate of drug-likeness (QED) is 0.578. The fraction of sp³-hybridized carbons (Fsp3) is 0.364. The van der Waals surface area contributed by atoms with Crippen LogP contribution in [0, 0.1) is 12.7 Å². The number of benzene rings is 2. The average Bonchev–Trinajstić information content (AvgIpc) is 3.14. The lowest BCUT2D eigenvalue weighted by Crippen LogP contribution is -2.30. The van der Waals surface area contributed by atoms with Gasteiger partial charge in [-0.1, -0.05) is 6.92 Å². The predicted octanol–water partition coefficient (Wildman–Crippen LogP) is 3.71. The molecule has 10 heteroatoms. The van der Waals surface area contributed by atoms with Crippen LogP contribution in [-0.4, -0.2) is 56.7 Å². The van der Waals surface area contributed by atoms with Gasteiger partial charge < -0.3 is 19.9 Å². The van der Waals surface area contributed by atoms with Crippen LogP contribution in [0.5, 0.6) is 5.75 Å². The van der Waals surface area contributed by atoms with Crippen LogP contribution in [0.1, 0.15) is 12.5 Å². The lowest BCUT2D eigenvalue weighted by atomic mass is 10.1. The highest BCUT2D eigenvalue weighted by Gasteiger charge is 2.29. The van der Waals surface area contributed by atoms with Crippen LogP contribution in [0.2, 0.25) is 0 Å². The number of nitrogens with one attached hydrogen (secondary N) is 1. The number of hydrogen-bond donors (Lipinski definition) is 2. The summed E-state index contributed by atoms with van der Waals surface area (Å²) in [5, 5.41) is 13.9. The molecule has 2 aromatic carbocycles. The minimum Gasteiger partial charge on any atom is -0.483 e. The largest absolute Gasteiger partial charge is 0.483 e. The standard InChI is InChI=1S/C22H25FN4O4S/c1-4-32(3,29)27-15-7-13(2)21-17(9-15)24-12-25-22(21)26-16-6-5-14(23)8-19(16)31-20-11-30-10-18(20)28/h5-9,12,18,20,28H,4,10-11H2,1-3H3,(H,24,25,26)/t18-,20-,32?/m0/s1. The number of ether oxygens (including phenoxy) is 2. The molecule has 1 aliphatic rings. The Bertz CT molecular complexity index is 1280. The summed E-state index contributed by atoms with van der Waals surface area (Å²) in [5.41, 5.74) is 2.56. The van der Waals surface area contributed by atoms with Crippen LogP contribution in [0.3, 0.4) is 0 Å². The second kappa shape index (κ2) is 8.97. The molecule has 1 unspecified atom stereocenters. The van der Waals surface area contributed by atoms with Gasteiger partial charge in [-0.2, -0.15) is 4.36 Å². The zero-order chi connectivity index (χ0) is 22.9. The molecule has 0 aliphatic carbocycles. The molecule has 2 N–H and O–H groups in total. The lowest BCUT2D eigenvalue weighted by molar-refractivity contribution is 0.0736. The highest BCUT2D eigenvalue weighted by Crippen LogP contribution is 2.34. The second-order valence-electron chi connectivity index (χ2n) is 7.75. The molecule has 0 saturated carbocycles. The van der Waals surface area contributed by atoms with E-state index in [0.29, 0.717) is 28.5 Å². The summed E-state index contributed by atoms with van der Waals surface area (Å²) < 4.78 is 41.8. The molecule has 2 heterocycles. The zero-order valence-corrected chi connectivity index (χ0v) is 18.9. The van der Waals surface area contributed by atoms with Gasteiger partial charge in [-0.3, -0.25) is 0 Å². The van der Waals surface area contributed by atoms with Crippen molar-refractivity contribution in [3.05, 3.63) is 48.0 Å². The topological polar surface area (TPSA) is 106 Å². The molecule has 0 amide bonds. The van der Waals surface area contributed by atoms with Gasteiger partial charge in [-0.25, -0.2) is 18.6 Å². The van der Waals surface area contributed by atoms with Gasteiger partial charge in [0.25, 0.3) is 0 Å². The lowest BCUT2D eigenvalue weighted by Gasteiger charge is -2.19. The Balaban J connectivity index is 1.72. The van der Waals surface area contributed by atoms with Gasteiger partial charge in [0.2, 0.25) is 0 Å². The molecule has 1 aromatic heterocycles. The van der Waals surface area contributed by atoms with E-state index in [1.54, 1.807) is 18.4 Å². The summed E-state index contributed by atoms with van der Waals surface area (Å²) in [7, 11) is -2.31. The Hall–Kier alpha value is -2.82. The fourth-order valence-electron chi connectivity index (χ4n) is 3.43. The third-order valence-electron chi connectivity index (χ3n) is 5.23. The van der Waals surface area contributed by atoms with Crippen molar-refractivity contribution in [2.45, 2.75) is 26.1 Å². The molecule has 4 rings (SSSR count). The van der Waals surface area contributed by atoms with Gasteiger partial charge in [-0.05, 0) is 36.8 Å². The summed E-state index contributed by atoms with van der Waals surface area (Å²) in [6.07, 6.45) is 1.66. The number of aryl methyl sites for hydroxylation is 1. The first-order valence-electron chi connectivity index (χ1n) is 10.2. The molecule has 32 heavy (non-hydrogen) atoms. The van der Waals surface area contributed by atoms with Crippen molar-refractivity contribution in [2.24, 2.45) is 4.36 Å². The maximum Gasteiger partial charge on any atom is 0.150 e. The van der Waals surface area contributed by atoms with Gasteiger partial charge >= 0.3 is 0 Å². The van der Waals surface area contributed by atoms with Crippen LogP contribution in [0.15, 0.2) is 41.0 Å². The van der Waals surface area contributed by atoms with E-state index in [4.69, 9.17) is 9.47 Å². The highest BCUT2D eigenvalue weighted by molar-refractivity contribution is 7.93. The molecule has 0 radical (unpaired) electrons. The summed E-state index contributed by atoms with van der Waals surface area (Å²) in [5.74, 6) is 0.734. The number of rotatable bonds is 6. The summed E-state index contributed by atoms with van der Waals surface area (Å²) in [4.78, 5) is 8.71. The number of halogens is 1. The molecular formula is C22H25FN4O4S. The normalized spacial score (nSPS) is 20.2. The van der Waals surface area contributed by atoms with E-state index in [2.05, 4.69) is 19.6 Å². The first kappa shape index (κ1) is 22.4. The molecule has 8 nitrogen and oxygen atoms in total. The van der Waals surface area contributed by atoms with Crippen molar-refractivity contribution >= 4 is 37.8 Å². The van der Waals surface area contributed by atoms with Crippen molar-refractivity contribution in [3.63, 3.8) is 0 Å². The van der Waals surface area contributed by atoms with Crippen molar-refractivity contribution < 1.29 is 23.2 Å². The Morgan fingerprint density at radius 1 is 1.31 bits per heavy atom. The van der Waals surface area contributed by atoms with Crippen molar-refractivity contribution in [3.8, 4) is 5.75 Å². The number of nitrogens with zero attached hydrogens (tertiary/aromatic N) is 3. The van der Waals surface area contributed by atoms with Gasteiger partial charge in [0.1, 0.15) is 29.8 Å². The first-order chi connectivity index (χ1) is 15.3. The van der Waals surface area contributed by atoms with Crippen molar-refractivity contribution in [2.75, 3.05) is 30.5 Å². The van der Waals surface area contributed by atoms with E-state index in [9.17, 15) is 13.7 Å². The van der Waals surface area contributed by atoms with Gasteiger partial charge in [0.15, 0.2) is 6.10 Å². The van der Waals surface area contributed by atoms with E-state index in [0.717, 1.165) is 10.9 Å². The monoisotopic (exact) mass is 460 g/mol. The van der Waals surface area contributed by atoms with Gasteiger partial charge in [-0.15, -0.1) is 0 Å². The van der Waals surface area contributed by atoms with Crippen LogP contribution < -0.4 is 10.1 Å². The average molecular weight is 461 g/mol. The third kappa shape index (κ3) is 4.82. The summed E-state index contributed by atoms with van der Waals surface area (Å²) >= 11 is 0. The molecule has 0 spiro atoms. The molecule has 3 aromatic rings. The van der Waals surface area contributed by atoms with Crippen LogP contribution in [0.4, 0.5) is 21.6 Å². The van der Waals surface area contributed by atoms with Crippen molar-refractivity contribution in [1.82, 2.24) is 9.97 Å². The molecular weight excluding hydrogens is 435 g/mol. The molecule has 0 bridgehead atoms. The van der Waals surface area contributed by atoms with E-state index >= 15 is 0 Å². The van der Waals surface area contributed by atoms with E-state index in [-0.39, 0.29) is 19.0 Å². The minimum atomic E-state index is -2.31. The summed E-state index contributed by atoms with van der Waals surface area (Å²) in [6, 6.07) is 7.72. The first-order valence-corrected chi connectivity index (χ1v) is 12.3. The zero-order valence-electron chi connectivity index (χ0n) is 18.0. The molecule has 1 saturated heterocycles. The Morgan fingerprint density at radius 2 is 2.12 bits per heavy atom. The second-order valence-corrected chi connectivity index (χ2v) is 10.4. The Morgan fingerprint density at radius 3 is 2.84 bits per heavy atom. The van der Waals surface area contributed by atoms with Crippen LogP contribution in [0.25, 0.3) is 10.9 Å². The molecule has 1 aliphatic heterocycles. The highest BCUT2D eigenvalue weighted by atomic mass is 32.2. The van der Waals surface area contributed by atoms with Gasteiger partial charge in [0, 0.05) is 33.2 Å². The van der Waals surface area contributed by atoms with Crippen molar-refractivity contribution in [1.29, 1.82) is 0 Å². The van der Waals surface area contributed by atoms with Crippen LogP contribution >= 0.6 is 0 Å². The number of anilines is 2. The van der Waals surface area contributed by atoms with Crippen LogP contribution in [-0.2, 0) is 14.5 Å². The Kier molecular flexibility index (Phi) is 6.27. The van der Waals surface area contributed by atoms with E-state index in [1.807, 2.05) is 19.9 Å². The third-order valence-corrected chi connectivity index (χ3v) is 6.90. The minimum absolute atomic E-state index is 0.175. The fourth-order valence-corrected chi connectivity index (χ4v) is 4.11. The number of aromatic nitrogens is 2. The van der Waals surface area contributed by atoms with Gasteiger partial charge in [0.05, 0.1) is 30.1 Å². The predicted molar refractivity (Wildman–Crippen MR) is 122 cm³/mol. The molecule has 170 valence electrons.